The van der Waals surface area contributed by atoms with Crippen LogP contribution in [0.1, 0.15) is 32.1 Å². The van der Waals surface area contributed by atoms with Crippen molar-refractivity contribution in [2.24, 2.45) is 5.41 Å². The minimum absolute atomic E-state index is 0.0686. The van der Waals surface area contributed by atoms with E-state index in [2.05, 4.69) is 16.6 Å². The number of hydroxylamine groups is 2. The Labute approximate surface area is 215 Å². The number of nitrogens with one attached hydrogen (secondary N) is 1. The van der Waals surface area contributed by atoms with Crippen molar-refractivity contribution in [1.29, 1.82) is 0 Å². The van der Waals surface area contributed by atoms with E-state index in [1.807, 2.05) is 0 Å². The number of hydrogen-bond donors (Lipinski definition) is 1. The van der Waals surface area contributed by atoms with Crippen LogP contribution >= 0.6 is 0 Å². The van der Waals surface area contributed by atoms with Crippen molar-refractivity contribution in [2.45, 2.75) is 48.1 Å². The summed E-state index contributed by atoms with van der Waals surface area (Å²) in [5.74, 6) is 0.253. The van der Waals surface area contributed by atoms with Gasteiger partial charge in [-0.3, -0.25) is 9.90 Å². The highest BCUT2D eigenvalue weighted by atomic mass is 32.2. The predicted molar refractivity (Wildman–Crippen MR) is 132 cm³/mol. The van der Waals surface area contributed by atoms with Gasteiger partial charge >= 0.3 is 6.36 Å². The molecule has 1 aliphatic heterocycles. The normalized spacial score (nSPS) is 21.5. The number of nitrogens with zero attached hydrogens (tertiary/aromatic N) is 1. The van der Waals surface area contributed by atoms with E-state index in [-0.39, 0.29) is 21.8 Å². The van der Waals surface area contributed by atoms with Crippen LogP contribution in [0.25, 0.3) is 0 Å². The Morgan fingerprint density at radius 1 is 0.946 bits per heavy atom. The van der Waals surface area contributed by atoms with Gasteiger partial charge < -0.3 is 14.8 Å². The summed E-state index contributed by atoms with van der Waals surface area (Å²) in [6.07, 6.45) is -1.24. The lowest BCUT2D eigenvalue weighted by Crippen LogP contribution is -2.45. The molecule has 4 rings (SSSR count). The monoisotopic (exact) mass is 540 g/mol. The number of sulfone groups is 1. The Balaban J connectivity index is 1.57. The summed E-state index contributed by atoms with van der Waals surface area (Å²) >= 11 is 0. The molecule has 1 saturated carbocycles. The summed E-state index contributed by atoms with van der Waals surface area (Å²) in [5.41, 5.74) is 0.341. The zero-order chi connectivity index (χ0) is 26.9. The average Bonchev–Trinajstić information content (AvgIpc) is 3.24. The van der Waals surface area contributed by atoms with E-state index in [4.69, 9.17) is 9.57 Å². The fourth-order valence-corrected chi connectivity index (χ4v) is 7.67. The SMILES string of the molecule is C=C(N(C)OC)C1(S(=O)(=O)c2ccc(Oc3ccc(OC(F)(F)F)cc3)cc2)CCC2(CCNCC2)C1. The second kappa shape index (κ2) is 10.2. The Bertz CT molecular complexity index is 1210. The van der Waals surface area contributed by atoms with Gasteiger partial charge in [0.25, 0.3) is 0 Å². The second-order valence-electron chi connectivity index (χ2n) is 9.64. The summed E-state index contributed by atoms with van der Waals surface area (Å²) in [5, 5.41) is 4.79. The lowest BCUT2D eigenvalue weighted by atomic mass is 9.76. The minimum Gasteiger partial charge on any atom is -0.457 e. The van der Waals surface area contributed by atoms with Gasteiger partial charge in [-0.15, -0.1) is 13.2 Å². The molecule has 0 aromatic heterocycles. The second-order valence-corrected chi connectivity index (χ2v) is 11.9. The van der Waals surface area contributed by atoms with Crippen molar-refractivity contribution in [3.8, 4) is 17.2 Å². The summed E-state index contributed by atoms with van der Waals surface area (Å²) < 4.78 is 73.7. The van der Waals surface area contributed by atoms with E-state index in [1.165, 1.54) is 48.6 Å². The minimum atomic E-state index is -4.78. The zero-order valence-corrected chi connectivity index (χ0v) is 21.6. The van der Waals surface area contributed by atoms with Crippen LogP contribution in [0.2, 0.25) is 0 Å². The van der Waals surface area contributed by atoms with Gasteiger partial charge in [0.1, 0.15) is 22.0 Å². The molecule has 1 heterocycles. The first-order valence-electron chi connectivity index (χ1n) is 12.0. The van der Waals surface area contributed by atoms with Crippen molar-refractivity contribution in [3.63, 3.8) is 0 Å². The van der Waals surface area contributed by atoms with Crippen LogP contribution in [0.4, 0.5) is 13.2 Å². The molecule has 2 aliphatic rings. The molecule has 1 saturated heterocycles. The Hall–Kier alpha value is -2.76. The average molecular weight is 541 g/mol. The topological polar surface area (TPSA) is 77.1 Å². The maximum Gasteiger partial charge on any atom is 0.573 e. The van der Waals surface area contributed by atoms with Gasteiger partial charge in [0, 0.05) is 7.05 Å². The van der Waals surface area contributed by atoms with E-state index < -0.39 is 20.9 Å². The van der Waals surface area contributed by atoms with E-state index in [1.54, 1.807) is 7.05 Å². The van der Waals surface area contributed by atoms with Gasteiger partial charge in [-0.05, 0) is 99.1 Å². The maximum absolute atomic E-state index is 14.2. The molecule has 1 unspecified atom stereocenters. The standard InChI is InChI=1S/C26H31F3N2O5S/c1-19(31(2)34-3)25(13-12-24(18-25)14-16-30-17-15-24)37(32,33)23-10-8-21(9-11-23)35-20-4-6-22(7-5-20)36-26(27,28)29/h4-11,30H,1,12-18H2,2-3H3. The molecule has 202 valence electrons. The molecule has 1 atom stereocenters. The smallest absolute Gasteiger partial charge is 0.457 e. The molecule has 1 aliphatic carbocycles. The van der Waals surface area contributed by atoms with E-state index in [0.717, 1.165) is 44.5 Å². The molecule has 2 fully saturated rings. The quantitative estimate of drug-likeness (QED) is 0.446. The van der Waals surface area contributed by atoms with Crippen molar-refractivity contribution >= 4 is 9.84 Å². The van der Waals surface area contributed by atoms with Gasteiger partial charge in [-0.2, -0.15) is 0 Å². The van der Waals surface area contributed by atoms with E-state index in [9.17, 15) is 21.6 Å². The van der Waals surface area contributed by atoms with Crippen LogP contribution in [0.15, 0.2) is 65.7 Å². The largest absolute Gasteiger partial charge is 0.573 e. The van der Waals surface area contributed by atoms with Crippen molar-refractivity contribution < 1.29 is 35.9 Å². The van der Waals surface area contributed by atoms with E-state index in [0.29, 0.717) is 24.3 Å². The van der Waals surface area contributed by atoms with Gasteiger partial charge in [0.2, 0.25) is 0 Å². The molecule has 37 heavy (non-hydrogen) atoms. The highest BCUT2D eigenvalue weighted by Crippen LogP contribution is 2.57. The van der Waals surface area contributed by atoms with Crippen molar-refractivity contribution in [1.82, 2.24) is 10.4 Å². The first-order chi connectivity index (χ1) is 17.4. The molecule has 2 aromatic rings. The maximum atomic E-state index is 14.2. The third-order valence-electron chi connectivity index (χ3n) is 7.51. The molecule has 2 aromatic carbocycles. The van der Waals surface area contributed by atoms with Gasteiger partial charge in [0.15, 0.2) is 9.84 Å². The Kier molecular flexibility index (Phi) is 7.51. The third kappa shape index (κ3) is 5.58. The van der Waals surface area contributed by atoms with Crippen molar-refractivity contribution in [2.75, 3.05) is 27.2 Å². The number of benzene rings is 2. The van der Waals surface area contributed by atoms with Crippen LogP contribution in [-0.2, 0) is 14.7 Å². The molecule has 7 nitrogen and oxygen atoms in total. The zero-order valence-electron chi connectivity index (χ0n) is 20.8. The van der Waals surface area contributed by atoms with Crippen LogP contribution in [-0.4, -0.2) is 51.8 Å². The lowest BCUT2D eigenvalue weighted by molar-refractivity contribution is -0.274. The fourth-order valence-electron chi connectivity index (χ4n) is 5.42. The van der Waals surface area contributed by atoms with Crippen LogP contribution in [0.5, 0.6) is 17.2 Å². The summed E-state index contributed by atoms with van der Waals surface area (Å²) in [4.78, 5) is 5.49. The number of hydrogen-bond acceptors (Lipinski definition) is 7. The third-order valence-corrected chi connectivity index (χ3v) is 10.0. The summed E-state index contributed by atoms with van der Waals surface area (Å²) in [6.45, 7) is 5.87. The first kappa shape index (κ1) is 27.3. The van der Waals surface area contributed by atoms with Gasteiger partial charge in [0.05, 0.1) is 17.7 Å². The lowest BCUT2D eigenvalue weighted by Gasteiger charge is -2.39. The number of ether oxygens (including phenoxy) is 2. The molecule has 0 amide bonds. The summed E-state index contributed by atoms with van der Waals surface area (Å²) in [6, 6.07) is 11.0. The predicted octanol–water partition coefficient (Wildman–Crippen LogP) is 5.45. The molecule has 1 N–H and O–H groups in total. The Morgan fingerprint density at radius 2 is 1.49 bits per heavy atom. The van der Waals surface area contributed by atoms with Gasteiger partial charge in [-0.1, -0.05) is 6.58 Å². The molecular formula is C26H31F3N2O5S. The molecule has 0 radical (unpaired) electrons. The molecule has 1 spiro atoms. The molecule has 11 heteroatoms. The number of rotatable bonds is 8. The highest BCUT2D eigenvalue weighted by Gasteiger charge is 2.58. The highest BCUT2D eigenvalue weighted by molar-refractivity contribution is 7.93. The van der Waals surface area contributed by atoms with Crippen molar-refractivity contribution in [3.05, 3.63) is 60.8 Å². The number of piperidine rings is 1. The molecular weight excluding hydrogens is 509 g/mol. The van der Waals surface area contributed by atoms with Crippen LogP contribution < -0.4 is 14.8 Å². The molecule has 0 bridgehead atoms. The van der Waals surface area contributed by atoms with Crippen LogP contribution in [0, 0.1) is 5.41 Å². The fraction of sp³-hybridized carbons (Fsp3) is 0.462. The first-order valence-corrected chi connectivity index (χ1v) is 13.4. The Morgan fingerprint density at radius 3 is 2.03 bits per heavy atom. The van der Waals surface area contributed by atoms with E-state index >= 15 is 0 Å². The van der Waals surface area contributed by atoms with Crippen LogP contribution in [0.3, 0.4) is 0 Å². The number of halogens is 3. The summed E-state index contributed by atoms with van der Waals surface area (Å²) in [7, 11) is -0.720. The number of alkyl halides is 3. The van der Waals surface area contributed by atoms with Gasteiger partial charge in [-0.25, -0.2) is 8.42 Å².